The Labute approximate surface area is 72.9 Å². The number of rotatable bonds is 0. The molecule has 6 rings (SSSR count). The summed E-state index contributed by atoms with van der Waals surface area (Å²) in [6.45, 7) is 0. The molecule has 0 bridgehead atoms. The van der Waals surface area contributed by atoms with Gasteiger partial charge in [0.2, 0.25) is 0 Å². The van der Waals surface area contributed by atoms with E-state index < -0.39 is 0 Å². The lowest BCUT2D eigenvalue weighted by atomic mass is 8.99. The van der Waals surface area contributed by atoms with Crippen LogP contribution < -0.4 is 5.73 Å². The Balaban J connectivity index is 1.87. The van der Waals surface area contributed by atoms with Crippen molar-refractivity contribution in [3.8, 4) is 0 Å². The first-order valence-corrected chi connectivity index (χ1v) is 5.29. The van der Waals surface area contributed by atoms with Gasteiger partial charge < -0.3 is 5.73 Å². The second-order valence-corrected chi connectivity index (χ2v) is 6.85. The summed E-state index contributed by atoms with van der Waals surface area (Å²) in [4.78, 5) is 0. The number of halogens is 1. The quantitative estimate of drug-likeness (QED) is 0.491. The van der Waals surface area contributed by atoms with Gasteiger partial charge in [-0.3, -0.25) is 0 Å². The fraction of sp³-hybridized carbons (Fsp3) is 1.00. The number of alkyl halides is 1. The Kier molecular flexibility index (Phi) is 0.361. The highest BCUT2D eigenvalue weighted by Crippen LogP contribution is 3.05. The van der Waals surface area contributed by atoms with Gasteiger partial charge in [0.15, 0.2) is 0 Å². The Morgan fingerprint density at radius 1 is 0.900 bits per heavy atom. The molecule has 0 spiro atoms. The van der Waals surface area contributed by atoms with Crippen LogP contribution in [0, 0.1) is 35.5 Å². The minimum atomic E-state index is 0.437. The van der Waals surface area contributed by atoms with Crippen molar-refractivity contribution < 1.29 is 0 Å². The van der Waals surface area contributed by atoms with Crippen molar-refractivity contribution in [2.24, 2.45) is 41.2 Å². The zero-order valence-electron chi connectivity index (χ0n) is 5.42. The third-order valence-corrected chi connectivity index (χ3v) is 7.74. The van der Waals surface area contributed by atoms with Crippen LogP contribution >= 0.6 is 22.6 Å². The third-order valence-electron chi connectivity index (χ3n) is 5.59. The Bertz CT molecular complexity index is 214. The molecule has 0 aliphatic heterocycles. The molecule has 0 aromatic carbocycles. The van der Waals surface area contributed by atoms with E-state index in [9.17, 15) is 0 Å². The van der Waals surface area contributed by atoms with Gasteiger partial charge in [0, 0.05) is 8.96 Å². The topological polar surface area (TPSA) is 26.0 Å². The molecular weight excluding hydrogens is 237 g/mol. The van der Waals surface area contributed by atoms with Crippen molar-refractivity contribution in [1.29, 1.82) is 0 Å². The lowest BCUT2D eigenvalue weighted by molar-refractivity contribution is -0.546. The predicted octanol–water partition coefficient (Wildman–Crippen LogP) is 0.623. The first kappa shape index (κ1) is 4.65. The zero-order chi connectivity index (χ0) is 6.46. The van der Waals surface area contributed by atoms with Gasteiger partial charge in [0.05, 0.1) is 0 Å². The minimum absolute atomic E-state index is 0.437. The van der Waals surface area contributed by atoms with E-state index in [1.54, 1.807) is 0 Å². The lowest BCUT2D eigenvalue weighted by Gasteiger charge is -3.09. The summed E-state index contributed by atoms with van der Waals surface area (Å²) in [6.07, 6.45) is 0. The fourth-order valence-electron chi connectivity index (χ4n) is 5.48. The average molecular weight is 245 g/mol. The largest absolute Gasteiger partial charge is 0.324 e. The van der Waals surface area contributed by atoms with E-state index in [-0.39, 0.29) is 0 Å². The summed E-state index contributed by atoms with van der Waals surface area (Å²) >= 11 is 2.73. The minimum Gasteiger partial charge on any atom is -0.324 e. The molecule has 6 aliphatic rings. The van der Waals surface area contributed by atoms with Crippen molar-refractivity contribution in [3.63, 3.8) is 0 Å². The normalized spacial score (nSPS) is 104. The standard InChI is InChI=1S/C8H8IN/c9-7-1-4-2(7)6-3(7)5(1)8(4,6)10/h1-6H,10H2. The van der Waals surface area contributed by atoms with E-state index in [1.165, 1.54) is 0 Å². The van der Waals surface area contributed by atoms with Crippen molar-refractivity contribution in [2.75, 3.05) is 0 Å². The molecule has 0 aromatic rings. The van der Waals surface area contributed by atoms with Gasteiger partial charge in [-0.2, -0.15) is 0 Å². The zero-order valence-corrected chi connectivity index (χ0v) is 7.58. The summed E-state index contributed by atoms with van der Waals surface area (Å²) in [7, 11) is 0. The smallest absolute Gasteiger partial charge is 0.0327 e. The molecule has 0 aromatic heterocycles. The molecule has 6 saturated carbocycles. The number of hydrogen-bond donors (Lipinski definition) is 1. The van der Waals surface area contributed by atoms with Crippen LogP contribution in [0.3, 0.4) is 0 Å². The first-order chi connectivity index (χ1) is 4.73. The second kappa shape index (κ2) is 0.777. The molecule has 6 fully saturated rings. The summed E-state index contributed by atoms with van der Waals surface area (Å²) < 4.78 is 0.832. The van der Waals surface area contributed by atoms with Gasteiger partial charge in [-0.1, -0.05) is 22.6 Å². The molecule has 0 radical (unpaired) electrons. The molecule has 2 N–H and O–H groups in total. The van der Waals surface area contributed by atoms with Gasteiger partial charge in [-0.15, -0.1) is 0 Å². The second-order valence-electron chi connectivity index (χ2n) is 4.98. The van der Waals surface area contributed by atoms with Gasteiger partial charge in [-0.05, 0) is 35.5 Å². The summed E-state index contributed by atoms with van der Waals surface area (Å²) in [6, 6.07) is 0. The van der Waals surface area contributed by atoms with E-state index in [1.807, 2.05) is 0 Å². The highest BCUT2D eigenvalue weighted by molar-refractivity contribution is 14.1. The van der Waals surface area contributed by atoms with Crippen LogP contribution in [0.15, 0.2) is 0 Å². The van der Waals surface area contributed by atoms with Gasteiger partial charge >= 0.3 is 0 Å². The maximum atomic E-state index is 6.24. The van der Waals surface area contributed by atoms with Crippen LogP contribution in [0.2, 0.25) is 0 Å². The van der Waals surface area contributed by atoms with Gasteiger partial charge in [-0.25, -0.2) is 0 Å². The van der Waals surface area contributed by atoms with Crippen molar-refractivity contribution >= 4 is 22.6 Å². The first-order valence-electron chi connectivity index (χ1n) is 4.21. The van der Waals surface area contributed by atoms with E-state index >= 15 is 0 Å². The number of hydrogen-bond acceptors (Lipinski definition) is 1. The molecule has 0 heterocycles. The van der Waals surface area contributed by atoms with Crippen LogP contribution in [0.4, 0.5) is 0 Å². The predicted molar refractivity (Wildman–Crippen MR) is 44.6 cm³/mol. The van der Waals surface area contributed by atoms with Crippen molar-refractivity contribution in [3.05, 3.63) is 0 Å². The van der Waals surface area contributed by atoms with Crippen LogP contribution in [0.1, 0.15) is 0 Å². The van der Waals surface area contributed by atoms with Crippen molar-refractivity contribution in [1.82, 2.24) is 0 Å². The fourth-order valence-corrected chi connectivity index (χ4v) is 7.80. The van der Waals surface area contributed by atoms with Gasteiger partial charge in [0.25, 0.3) is 0 Å². The molecular formula is C8H8IN. The molecule has 0 saturated heterocycles. The maximum absolute atomic E-state index is 6.24. The lowest BCUT2D eigenvalue weighted by Crippen LogP contribution is -3.16. The molecule has 10 heavy (non-hydrogen) atoms. The average Bonchev–Trinajstić information content (AvgIpc) is 1.99. The van der Waals surface area contributed by atoms with Crippen LogP contribution in [-0.2, 0) is 0 Å². The third kappa shape index (κ3) is 0.140. The molecule has 0 atom stereocenters. The van der Waals surface area contributed by atoms with Crippen molar-refractivity contribution in [2.45, 2.75) is 8.96 Å². The van der Waals surface area contributed by atoms with Crippen LogP contribution in [-0.4, -0.2) is 8.96 Å². The summed E-state index contributed by atoms with van der Waals surface area (Å²) in [5.74, 6) is 6.38. The number of nitrogens with two attached hydrogens (primary N) is 1. The van der Waals surface area contributed by atoms with Gasteiger partial charge in [0.1, 0.15) is 0 Å². The van der Waals surface area contributed by atoms with Crippen LogP contribution in [0.5, 0.6) is 0 Å². The molecule has 0 unspecified atom stereocenters. The van der Waals surface area contributed by atoms with E-state index in [4.69, 9.17) is 5.73 Å². The SMILES string of the molecule is NC12C3C4C1C1C2C3C41I. The molecule has 6 aliphatic carbocycles. The molecule has 2 heteroatoms. The van der Waals surface area contributed by atoms with E-state index in [2.05, 4.69) is 22.6 Å². The molecule has 52 valence electrons. The monoisotopic (exact) mass is 245 g/mol. The maximum Gasteiger partial charge on any atom is 0.0327 e. The highest BCUT2D eigenvalue weighted by atomic mass is 127. The summed E-state index contributed by atoms with van der Waals surface area (Å²) in [5.41, 5.74) is 6.68. The van der Waals surface area contributed by atoms with Crippen LogP contribution in [0.25, 0.3) is 0 Å². The molecule has 1 nitrogen and oxygen atoms in total. The Morgan fingerprint density at radius 2 is 1.30 bits per heavy atom. The highest BCUT2D eigenvalue weighted by Gasteiger charge is 3.08. The summed E-state index contributed by atoms with van der Waals surface area (Å²) in [5, 5.41) is 0. The molecule has 0 amide bonds. The Morgan fingerprint density at radius 3 is 1.60 bits per heavy atom. The van der Waals surface area contributed by atoms with E-state index in [0.29, 0.717) is 5.54 Å². The van der Waals surface area contributed by atoms with E-state index in [0.717, 1.165) is 38.9 Å². The Hall–Kier alpha value is 0.690.